The average molecular weight is 976 g/mol. The first-order valence-corrected chi connectivity index (χ1v) is 27.1. The summed E-state index contributed by atoms with van der Waals surface area (Å²) < 4.78 is 27.4. The predicted octanol–water partition coefficient (Wildman–Crippen LogP) is 12.5. The van der Waals surface area contributed by atoms with E-state index in [1.165, 1.54) is 0 Å². The minimum Gasteiger partial charge on any atom is -0.461 e. The maximum atomic E-state index is 13.9. The zero-order valence-corrected chi connectivity index (χ0v) is 43.0. The van der Waals surface area contributed by atoms with Gasteiger partial charge >= 0.3 is 11.9 Å². The molecule has 4 aromatic carbocycles. The van der Waals surface area contributed by atoms with Gasteiger partial charge in [0.05, 0.1) is 22.6 Å². The van der Waals surface area contributed by atoms with Crippen LogP contribution < -0.4 is 25.1 Å². The molecule has 2 aliphatic heterocycles. The van der Waals surface area contributed by atoms with Gasteiger partial charge in [-0.15, -0.1) is 0 Å². The largest absolute Gasteiger partial charge is 0.461 e. The number of carbonyl (C=O) groups is 2. The molecular weight excluding hydrogens is 913 g/mol. The van der Waals surface area contributed by atoms with E-state index in [1.54, 1.807) is 21.6 Å². The van der Waals surface area contributed by atoms with Crippen LogP contribution in [0.2, 0.25) is 0 Å². The van der Waals surface area contributed by atoms with Crippen LogP contribution in [-0.4, -0.2) is 82.5 Å². The molecule has 0 atom stereocenters. The van der Waals surface area contributed by atoms with Crippen molar-refractivity contribution in [1.29, 1.82) is 0 Å². The molecule has 12 heteroatoms. The molecule has 8 rings (SSSR count). The van der Waals surface area contributed by atoms with E-state index in [0.29, 0.717) is 34.9 Å². The molecule has 2 aliphatic carbocycles. The van der Waals surface area contributed by atoms with E-state index >= 15 is 0 Å². The number of anilines is 2. The molecule has 0 saturated heterocycles. The van der Waals surface area contributed by atoms with E-state index in [4.69, 9.17) is 18.3 Å². The van der Waals surface area contributed by atoms with Gasteiger partial charge < -0.3 is 28.1 Å². The lowest BCUT2D eigenvalue weighted by Crippen LogP contribution is -2.29. The Morgan fingerprint density at radius 2 is 1.01 bits per heavy atom. The van der Waals surface area contributed by atoms with Gasteiger partial charge in [-0.25, -0.2) is 14.2 Å². The molecule has 70 heavy (non-hydrogen) atoms. The van der Waals surface area contributed by atoms with E-state index in [9.17, 15) is 9.59 Å². The number of carbonyl (C=O) groups excluding carboxylic acids is 2. The SMILES string of the molecule is CC/N=c1\ccc2c(-c3ccccc3C(=O)OCCSSCCOC(=O)c3ccccc3-c3c4ccc(=[N+](CC)CC)cc-4oc4cc(N(CC)CC)ccc34)c3ccc(N(CC)CC)cc3oc-2c1. The van der Waals surface area contributed by atoms with Crippen LogP contribution in [0.25, 0.3) is 66.8 Å². The highest BCUT2D eigenvalue weighted by atomic mass is 33.1. The number of hydrogen-bond acceptors (Lipinski definition) is 11. The van der Waals surface area contributed by atoms with Crippen LogP contribution in [0.3, 0.4) is 0 Å². The third-order valence-corrected chi connectivity index (χ3v) is 15.2. The molecule has 0 saturated carbocycles. The first-order chi connectivity index (χ1) is 34.2. The van der Waals surface area contributed by atoms with Gasteiger partial charge in [0, 0.05) is 113 Å². The number of fused-ring (bicyclic) bond motifs is 4. The molecule has 0 unspecified atom stereocenters. The molecule has 0 bridgehead atoms. The summed E-state index contributed by atoms with van der Waals surface area (Å²) in [5, 5.41) is 3.76. The van der Waals surface area contributed by atoms with Crippen molar-refractivity contribution < 1.29 is 27.9 Å². The lowest BCUT2D eigenvalue weighted by Gasteiger charge is -2.22. The van der Waals surface area contributed by atoms with Gasteiger partial charge in [0.15, 0.2) is 0 Å². The third-order valence-electron chi connectivity index (χ3n) is 12.8. The lowest BCUT2D eigenvalue weighted by molar-refractivity contribution is 0.0521. The summed E-state index contributed by atoms with van der Waals surface area (Å²) in [6, 6.07) is 40.3. The van der Waals surface area contributed by atoms with Crippen molar-refractivity contribution in [3.05, 3.63) is 143 Å². The summed E-state index contributed by atoms with van der Waals surface area (Å²) in [4.78, 5) is 37.0. The molecular formula is C58H63N4O6S2+. The van der Waals surface area contributed by atoms with Crippen LogP contribution in [0.15, 0.2) is 135 Å². The van der Waals surface area contributed by atoms with Crippen molar-refractivity contribution in [2.45, 2.75) is 48.5 Å². The molecule has 4 aromatic rings. The summed E-state index contributed by atoms with van der Waals surface area (Å²) in [6.07, 6.45) is 0. The van der Waals surface area contributed by atoms with Crippen molar-refractivity contribution in [3.63, 3.8) is 0 Å². The molecule has 0 radical (unpaired) electrons. The molecule has 2 heterocycles. The smallest absolute Gasteiger partial charge is 0.338 e. The van der Waals surface area contributed by atoms with Gasteiger partial charge in [-0.1, -0.05) is 58.0 Å². The Hall–Kier alpha value is -6.50. The van der Waals surface area contributed by atoms with Crippen LogP contribution in [0.4, 0.5) is 11.4 Å². The van der Waals surface area contributed by atoms with Gasteiger partial charge in [0.25, 0.3) is 0 Å². The average Bonchev–Trinajstić information content (AvgIpc) is 3.39. The first kappa shape index (κ1) is 49.9. The highest BCUT2D eigenvalue weighted by Gasteiger charge is 2.25. The second-order valence-electron chi connectivity index (χ2n) is 16.7. The van der Waals surface area contributed by atoms with Crippen LogP contribution in [0, 0.1) is 0 Å². The van der Waals surface area contributed by atoms with Crippen LogP contribution in [0.5, 0.6) is 0 Å². The molecule has 10 nitrogen and oxygen atoms in total. The Labute approximate surface area is 419 Å². The van der Waals surface area contributed by atoms with Crippen LogP contribution >= 0.6 is 21.6 Å². The maximum absolute atomic E-state index is 13.9. The summed E-state index contributed by atoms with van der Waals surface area (Å²) >= 11 is 0. The number of benzene rings is 6. The molecule has 0 fully saturated rings. The second kappa shape index (κ2) is 23.4. The van der Waals surface area contributed by atoms with Gasteiger partial charge in [-0.2, -0.15) is 0 Å². The normalized spacial score (nSPS) is 11.7. The molecule has 0 amide bonds. The molecule has 0 spiro atoms. The number of ether oxygens (including phenoxy) is 2. The summed E-state index contributed by atoms with van der Waals surface area (Å²) in [5.74, 6) is 1.81. The fraction of sp³-hybridized carbons (Fsp3) is 0.310. The zero-order chi connectivity index (χ0) is 49.1. The Morgan fingerprint density at radius 1 is 0.543 bits per heavy atom. The molecule has 0 aromatic heterocycles. The number of hydrogen-bond donors (Lipinski definition) is 0. The maximum Gasteiger partial charge on any atom is 0.338 e. The van der Waals surface area contributed by atoms with Crippen molar-refractivity contribution >= 4 is 66.8 Å². The van der Waals surface area contributed by atoms with Gasteiger partial charge in [-0.3, -0.25) is 4.99 Å². The van der Waals surface area contributed by atoms with Gasteiger partial charge in [0.2, 0.25) is 5.36 Å². The monoisotopic (exact) mass is 975 g/mol. The molecule has 0 N–H and O–H groups in total. The number of nitrogens with zero attached hydrogens (tertiary/aromatic N) is 4. The lowest BCUT2D eigenvalue weighted by atomic mass is 9.90. The standard InChI is InChI=1S/C58H63N4O6S2/c1-8-59-39-23-27-47-51(35-39)67-52-36-40(60(9-2)10-3)24-28-48(52)55(47)43-19-15-17-21-45(43)57(63)65-31-33-69-70-34-32-66-58(64)46-22-18-16-20-44(46)56-49-29-25-41(61(11-4)12-5)37-53(49)68-54-38-42(26-30-50(54)56)62(13-6)14-7/h15-30,35-38H,8-14,31-34H2,1-7H3/q+1/b59-39+. The summed E-state index contributed by atoms with van der Waals surface area (Å²) in [6.45, 7) is 21.2. The minimum atomic E-state index is -0.394. The topological polar surface area (TPSA) is 101 Å². The Bertz CT molecular complexity index is 3200. The summed E-state index contributed by atoms with van der Waals surface area (Å²) in [7, 11) is 3.15. The van der Waals surface area contributed by atoms with Crippen molar-refractivity contribution in [2.75, 3.05) is 80.3 Å². The minimum absolute atomic E-state index is 0.219. The van der Waals surface area contributed by atoms with E-state index in [-0.39, 0.29) is 19.2 Å². The zero-order valence-electron chi connectivity index (χ0n) is 41.4. The predicted molar refractivity (Wildman–Crippen MR) is 292 cm³/mol. The van der Waals surface area contributed by atoms with Gasteiger partial charge in [-0.05, 0) is 114 Å². The molecule has 362 valence electrons. The Balaban J connectivity index is 0.941. The van der Waals surface area contributed by atoms with Crippen LogP contribution in [0.1, 0.15) is 69.2 Å². The summed E-state index contributed by atoms with van der Waals surface area (Å²) in [5.41, 5.74) is 9.86. The second-order valence-corrected chi connectivity index (χ2v) is 19.4. The highest BCUT2D eigenvalue weighted by Crippen LogP contribution is 2.44. The number of esters is 2. The highest BCUT2D eigenvalue weighted by molar-refractivity contribution is 8.76. The number of rotatable bonds is 20. The van der Waals surface area contributed by atoms with E-state index in [2.05, 4.69) is 116 Å². The quantitative estimate of drug-likeness (QED) is 0.0241. The van der Waals surface area contributed by atoms with Crippen molar-refractivity contribution in [2.24, 2.45) is 4.99 Å². The van der Waals surface area contributed by atoms with E-state index in [1.807, 2.05) is 73.7 Å². The Morgan fingerprint density at radius 3 is 1.49 bits per heavy atom. The molecule has 4 aliphatic rings. The first-order valence-electron chi connectivity index (χ1n) is 24.6. The van der Waals surface area contributed by atoms with Gasteiger partial charge in [0.1, 0.15) is 49.0 Å². The fourth-order valence-electron chi connectivity index (χ4n) is 9.32. The third kappa shape index (κ3) is 10.6. The van der Waals surface area contributed by atoms with E-state index in [0.717, 1.165) is 122 Å². The fourth-order valence-corrected chi connectivity index (χ4v) is 11.0. The van der Waals surface area contributed by atoms with Crippen molar-refractivity contribution in [1.82, 2.24) is 4.58 Å². The van der Waals surface area contributed by atoms with Crippen molar-refractivity contribution in [3.8, 4) is 44.9 Å². The Kier molecular flexibility index (Phi) is 16.7. The van der Waals surface area contributed by atoms with Crippen LogP contribution in [-0.2, 0) is 9.47 Å². The van der Waals surface area contributed by atoms with E-state index < -0.39 is 5.97 Å².